The molecule has 0 fully saturated rings. The van der Waals surface area contributed by atoms with Crippen LogP contribution in [0.25, 0.3) is 0 Å². The van der Waals surface area contributed by atoms with E-state index in [1.807, 2.05) is 24.3 Å². The first-order chi connectivity index (χ1) is 14.1. The fraction of sp³-hybridized carbons (Fsp3) is 0.391. The van der Waals surface area contributed by atoms with Crippen molar-refractivity contribution in [2.75, 3.05) is 26.2 Å². The number of nitrogens with one attached hydrogen (secondary N) is 1. The first-order valence-corrected chi connectivity index (χ1v) is 9.95. The highest BCUT2D eigenvalue weighted by Crippen LogP contribution is 2.18. The van der Waals surface area contributed by atoms with Crippen LogP contribution in [-0.4, -0.2) is 43.2 Å². The van der Waals surface area contributed by atoms with Crippen molar-refractivity contribution in [1.29, 1.82) is 5.26 Å². The van der Waals surface area contributed by atoms with E-state index in [4.69, 9.17) is 14.7 Å². The van der Waals surface area contributed by atoms with Crippen LogP contribution in [0.3, 0.4) is 0 Å². The van der Waals surface area contributed by atoms with Crippen molar-refractivity contribution < 1.29 is 14.3 Å². The van der Waals surface area contributed by atoms with Crippen LogP contribution in [0, 0.1) is 11.3 Å². The van der Waals surface area contributed by atoms with Crippen molar-refractivity contribution in [3.05, 3.63) is 59.7 Å². The topological polar surface area (TPSA) is 74.6 Å². The Hall–Kier alpha value is -3.04. The lowest BCUT2D eigenvalue weighted by Crippen LogP contribution is -2.36. The predicted octanol–water partition coefficient (Wildman–Crippen LogP) is 3.36. The normalized spacial score (nSPS) is 11.6. The smallest absolute Gasteiger partial charge is 0.261 e. The van der Waals surface area contributed by atoms with Crippen LogP contribution in [0.15, 0.2) is 48.5 Å². The Morgan fingerprint density at radius 2 is 1.83 bits per heavy atom. The van der Waals surface area contributed by atoms with Crippen molar-refractivity contribution in [3.63, 3.8) is 0 Å². The Kier molecular flexibility index (Phi) is 9.00. The molecule has 0 saturated heterocycles. The molecule has 2 rings (SSSR count). The molecule has 0 heterocycles. The fourth-order valence-corrected chi connectivity index (χ4v) is 2.81. The first kappa shape index (κ1) is 22.3. The molecular formula is C23H29N3O3. The number of benzene rings is 2. The second kappa shape index (κ2) is 11.7. The van der Waals surface area contributed by atoms with Gasteiger partial charge in [0, 0.05) is 18.7 Å². The van der Waals surface area contributed by atoms with Crippen molar-refractivity contribution in [1.82, 2.24) is 10.2 Å². The standard InChI is InChI=1S/C23H29N3O3/c1-4-26(5-2)14-15-28-22-9-7-6-8-20(22)17-25-23(27)18(3)29-21-12-10-19(16-24)11-13-21/h6-13,18H,4-5,14-15,17H2,1-3H3,(H,25,27). The molecule has 0 aliphatic carbocycles. The molecule has 6 heteroatoms. The Morgan fingerprint density at radius 1 is 1.14 bits per heavy atom. The summed E-state index contributed by atoms with van der Waals surface area (Å²) in [5, 5.41) is 11.7. The minimum atomic E-state index is -0.654. The number of hydrogen-bond donors (Lipinski definition) is 1. The summed E-state index contributed by atoms with van der Waals surface area (Å²) in [7, 11) is 0. The van der Waals surface area contributed by atoms with Crippen LogP contribution in [-0.2, 0) is 11.3 Å². The predicted molar refractivity (Wildman–Crippen MR) is 113 cm³/mol. The molecule has 1 amide bonds. The highest BCUT2D eigenvalue weighted by atomic mass is 16.5. The number of carbonyl (C=O) groups is 1. The van der Waals surface area contributed by atoms with E-state index in [-0.39, 0.29) is 5.91 Å². The Balaban J connectivity index is 1.86. The van der Waals surface area contributed by atoms with Crippen LogP contribution in [0.1, 0.15) is 31.9 Å². The lowest BCUT2D eigenvalue weighted by atomic mass is 10.2. The van der Waals surface area contributed by atoms with E-state index in [9.17, 15) is 4.79 Å². The Bertz CT molecular complexity index is 811. The largest absolute Gasteiger partial charge is 0.492 e. The third-order valence-corrected chi connectivity index (χ3v) is 4.65. The number of ether oxygens (including phenoxy) is 2. The zero-order valence-corrected chi connectivity index (χ0v) is 17.4. The van der Waals surface area contributed by atoms with Gasteiger partial charge in [-0.25, -0.2) is 0 Å². The van der Waals surface area contributed by atoms with Gasteiger partial charge in [-0.1, -0.05) is 32.0 Å². The second-order valence-electron chi connectivity index (χ2n) is 6.60. The summed E-state index contributed by atoms with van der Waals surface area (Å²) in [6, 6.07) is 16.4. The minimum Gasteiger partial charge on any atom is -0.492 e. The molecule has 1 N–H and O–H groups in total. The van der Waals surface area contributed by atoms with E-state index in [1.54, 1.807) is 31.2 Å². The van der Waals surface area contributed by atoms with Gasteiger partial charge in [0.1, 0.15) is 18.1 Å². The molecule has 29 heavy (non-hydrogen) atoms. The number of para-hydroxylation sites is 1. The van der Waals surface area contributed by atoms with Gasteiger partial charge in [0.15, 0.2) is 6.10 Å². The molecule has 1 atom stereocenters. The molecule has 0 saturated carbocycles. The van der Waals surface area contributed by atoms with E-state index >= 15 is 0 Å². The SMILES string of the molecule is CCN(CC)CCOc1ccccc1CNC(=O)C(C)Oc1ccc(C#N)cc1. The molecule has 2 aromatic carbocycles. The highest BCUT2D eigenvalue weighted by molar-refractivity contribution is 5.80. The highest BCUT2D eigenvalue weighted by Gasteiger charge is 2.15. The van der Waals surface area contributed by atoms with Crippen molar-refractivity contribution in [2.24, 2.45) is 0 Å². The van der Waals surface area contributed by atoms with E-state index in [1.165, 1.54) is 0 Å². The van der Waals surface area contributed by atoms with E-state index in [2.05, 4.69) is 30.1 Å². The summed E-state index contributed by atoms with van der Waals surface area (Å²) in [4.78, 5) is 14.7. The monoisotopic (exact) mass is 395 g/mol. The second-order valence-corrected chi connectivity index (χ2v) is 6.60. The lowest BCUT2D eigenvalue weighted by molar-refractivity contribution is -0.127. The van der Waals surface area contributed by atoms with Gasteiger partial charge in [-0.2, -0.15) is 5.26 Å². The lowest BCUT2D eigenvalue weighted by Gasteiger charge is -2.19. The molecule has 0 aliphatic rings. The number of carbonyl (C=O) groups excluding carboxylic acids is 1. The molecule has 0 bridgehead atoms. The summed E-state index contributed by atoms with van der Waals surface area (Å²) in [5.41, 5.74) is 1.47. The summed E-state index contributed by atoms with van der Waals surface area (Å²) < 4.78 is 11.6. The van der Waals surface area contributed by atoms with E-state index < -0.39 is 6.10 Å². The number of nitrogens with zero attached hydrogens (tertiary/aromatic N) is 2. The number of hydrogen-bond acceptors (Lipinski definition) is 5. The fourth-order valence-electron chi connectivity index (χ4n) is 2.81. The molecular weight excluding hydrogens is 366 g/mol. The Labute approximate surface area is 173 Å². The number of rotatable bonds is 11. The van der Waals surface area contributed by atoms with Gasteiger partial charge in [-0.3, -0.25) is 4.79 Å². The summed E-state index contributed by atoms with van der Waals surface area (Å²) in [5.74, 6) is 1.11. The van der Waals surface area contributed by atoms with E-state index in [0.29, 0.717) is 24.5 Å². The van der Waals surface area contributed by atoms with Gasteiger partial charge in [-0.05, 0) is 50.3 Å². The molecule has 0 aromatic heterocycles. The van der Waals surface area contributed by atoms with Gasteiger partial charge in [0.05, 0.1) is 11.6 Å². The molecule has 2 aromatic rings. The summed E-state index contributed by atoms with van der Waals surface area (Å²) in [6.07, 6.45) is -0.654. The Morgan fingerprint density at radius 3 is 2.48 bits per heavy atom. The average molecular weight is 396 g/mol. The molecule has 1 unspecified atom stereocenters. The number of likely N-dealkylation sites (N-methyl/N-ethyl adjacent to an activating group) is 1. The maximum absolute atomic E-state index is 12.4. The van der Waals surface area contributed by atoms with Crippen LogP contribution < -0.4 is 14.8 Å². The van der Waals surface area contributed by atoms with Crippen molar-refractivity contribution in [3.8, 4) is 17.6 Å². The van der Waals surface area contributed by atoms with Crippen molar-refractivity contribution >= 4 is 5.91 Å². The van der Waals surface area contributed by atoms with Gasteiger partial charge in [0.2, 0.25) is 0 Å². The molecule has 0 radical (unpaired) electrons. The molecule has 154 valence electrons. The third kappa shape index (κ3) is 7.13. The summed E-state index contributed by atoms with van der Waals surface area (Å²) >= 11 is 0. The average Bonchev–Trinajstić information content (AvgIpc) is 2.76. The maximum Gasteiger partial charge on any atom is 0.261 e. The molecule has 0 aliphatic heterocycles. The third-order valence-electron chi connectivity index (χ3n) is 4.65. The van der Waals surface area contributed by atoms with E-state index in [0.717, 1.165) is 30.9 Å². The molecule has 6 nitrogen and oxygen atoms in total. The maximum atomic E-state index is 12.4. The quantitative estimate of drug-likeness (QED) is 0.631. The number of nitriles is 1. The van der Waals surface area contributed by atoms with Gasteiger partial charge in [0.25, 0.3) is 5.91 Å². The van der Waals surface area contributed by atoms with Gasteiger partial charge >= 0.3 is 0 Å². The van der Waals surface area contributed by atoms with Gasteiger partial charge in [-0.15, -0.1) is 0 Å². The zero-order chi connectivity index (χ0) is 21.1. The van der Waals surface area contributed by atoms with Crippen LogP contribution >= 0.6 is 0 Å². The van der Waals surface area contributed by atoms with Crippen LogP contribution in [0.5, 0.6) is 11.5 Å². The van der Waals surface area contributed by atoms with Crippen molar-refractivity contribution in [2.45, 2.75) is 33.4 Å². The van der Waals surface area contributed by atoms with Gasteiger partial charge < -0.3 is 19.7 Å². The minimum absolute atomic E-state index is 0.215. The summed E-state index contributed by atoms with van der Waals surface area (Å²) in [6.45, 7) is 9.78. The number of amides is 1. The van der Waals surface area contributed by atoms with Crippen LogP contribution in [0.4, 0.5) is 0 Å². The van der Waals surface area contributed by atoms with Crippen LogP contribution in [0.2, 0.25) is 0 Å². The molecule has 0 spiro atoms. The zero-order valence-electron chi connectivity index (χ0n) is 17.4. The first-order valence-electron chi connectivity index (χ1n) is 9.95.